The Bertz CT molecular complexity index is 371. The number of benzene rings is 1. The molecule has 21 heavy (non-hydrogen) atoms. The maximum atomic E-state index is 6.55. The quantitative estimate of drug-likeness (QED) is 0.719. The van der Waals surface area contributed by atoms with E-state index in [0.29, 0.717) is 0 Å². The first-order valence-corrected chi connectivity index (χ1v) is 8.32. The monoisotopic (exact) mass is 291 g/mol. The van der Waals surface area contributed by atoms with Crippen LogP contribution in [0.25, 0.3) is 0 Å². The molecular formula is C18H33N3. The van der Waals surface area contributed by atoms with Gasteiger partial charge in [-0.05, 0) is 51.6 Å². The topological polar surface area (TPSA) is 32.5 Å². The highest BCUT2D eigenvalue weighted by atomic mass is 15.2. The zero-order chi connectivity index (χ0) is 15.7. The molecule has 1 unspecified atom stereocenters. The van der Waals surface area contributed by atoms with Crippen LogP contribution in [-0.2, 0) is 5.54 Å². The Kier molecular flexibility index (Phi) is 7.94. The van der Waals surface area contributed by atoms with E-state index >= 15 is 0 Å². The number of nitrogens with two attached hydrogens (primary N) is 1. The molecule has 0 aliphatic rings. The van der Waals surface area contributed by atoms with Gasteiger partial charge in [0.05, 0.1) is 5.54 Å². The molecule has 120 valence electrons. The van der Waals surface area contributed by atoms with Crippen molar-refractivity contribution in [1.29, 1.82) is 0 Å². The van der Waals surface area contributed by atoms with Crippen molar-refractivity contribution in [2.75, 3.05) is 39.3 Å². The normalized spacial score (nSPS) is 14.6. The first-order valence-electron chi connectivity index (χ1n) is 8.32. The Hall–Kier alpha value is -0.900. The Morgan fingerprint density at radius 3 is 1.95 bits per heavy atom. The van der Waals surface area contributed by atoms with Gasteiger partial charge in [0.25, 0.3) is 0 Å². The first-order chi connectivity index (χ1) is 10.0. The van der Waals surface area contributed by atoms with Gasteiger partial charge in [0.2, 0.25) is 0 Å². The van der Waals surface area contributed by atoms with E-state index < -0.39 is 0 Å². The minimum Gasteiger partial charge on any atom is -0.321 e. The predicted molar refractivity (Wildman–Crippen MR) is 92.5 cm³/mol. The third kappa shape index (κ3) is 6.16. The van der Waals surface area contributed by atoms with Gasteiger partial charge in [-0.15, -0.1) is 0 Å². The second-order valence-corrected chi connectivity index (χ2v) is 6.03. The van der Waals surface area contributed by atoms with E-state index in [1.165, 1.54) is 18.5 Å². The molecule has 0 amide bonds. The molecule has 1 aromatic rings. The van der Waals surface area contributed by atoms with Gasteiger partial charge in [0, 0.05) is 6.54 Å². The van der Waals surface area contributed by atoms with Gasteiger partial charge in [-0.3, -0.25) is 0 Å². The molecule has 3 heteroatoms. The Balaban J connectivity index is 2.49. The summed E-state index contributed by atoms with van der Waals surface area (Å²) in [6.07, 6.45) is 1.21. The molecule has 1 aromatic carbocycles. The van der Waals surface area contributed by atoms with Gasteiger partial charge in [0.1, 0.15) is 0 Å². The maximum Gasteiger partial charge on any atom is 0.0509 e. The Morgan fingerprint density at radius 1 is 0.905 bits per heavy atom. The molecule has 0 aromatic heterocycles. The maximum absolute atomic E-state index is 6.55. The summed E-state index contributed by atoms with van der Waals surface area (Å²) < 4.78 is 0. The van der Waals surface area contributed by atoms with Crippen LogP contribution in [0.4, 0.5) is 0 Å². The highest BCUT2D eigenvalue weighted by molar-refractivity contribution is 5.23. The van der Waals surface area contributed by atoms with Crippen LogP contribution in [0.1, 0.15) is 39.7 Å². The molecule has 2 N–H and O–H groups in total. The summed E-state index contributed by atoms with van der Waals surface area (Å²) in [5, 5.41) is 0. The Labute approximate surface area is 131 Å². The van der Waals surface area contributed by atoms with Crippen molar-refractivity contribution in [3.05, 3.63) is 35.9 Å². The third-order valence-electron chi connectivity index (χ3n) is 4.28. The van der Waals surface area contributed by atoms with Crippen molar-refractivity contribution in [2.45, 2.75) is 39.7 Å². The van der Waals surface area contributed by atoms with Crippen LogP contribution in [-0.4, -0.2) is 49.1 Å². The molecule has 0 heterocycles. The lowest BCUT2D eigenvalue weighted by molar-refractivity contribution is 0.207. The van der Waals surface area contributed by atoms with Crippen molar-refractivity contribution in [1.82, 2.24) is 9.80 Å². The number of rotatable bonds is 10. The van der Waals surface area contributed by atoms with Gasteiger partial charge in [-0.2, -0.15) is 0 Å². The van der Waals surface area contributed by atoms with E-state index in [0.717, 1.165) is 32.7 Å². The van der Waals surface area contributed by atoms with Gasteiger partial charge in [0.15, 0.2) is 0 Å². The van der Waals surface area contributed by atoms with E-state index in [4.69, 9.17) is 5.73 Å². The third-order valence-corrected chi connectivity index (χ3v) is 4.28. The van der Waals surface area contributed by atoms with Gasteiger partial charge >= 0.3 is 0 Å². The fraction of sp³-hybridized carbons (Fsp3) is 0.667. The van der Waals surface area contributed by atoms with E-state index in [2.05, 4.69) is 61.8 Å². The van der Waals surface area contributed by atoms with Gasteiger partial charge in [-0.25, -0.2) is 0 Å². The number of likely N-dealkylation sites (N-methyl/N-ethyl adjacent to an activating group) is 1. The second-order valence-electron chi connectivity index (χ2n) is 6.03. The summed E-state index contributed by atoms with van der Waals surface area (Å²) in [6, 6.07) is 10.4. The van der Waals surface area contributed by atoms with E-state index in [9.17, 15) is 0 Å². The summed E-state index contributed by atoms with van der Waals surface area (Å²) in [4.78, 5) is 4.95. The van der Waals surface area contributed by atoms with Crippen LogP contribution in [0.3, 0.4) is 0 Å². The second kappa shape index (κ2) is 9.19. The standard InChI is InChI=1S/C18H33N3/c1-5-20(6-2)14-11-15-21(7-3)16-18(4,19)17-12-9-8-10-13-17/h8-10,12-13H,5-7,11,14-16,19H2,1-4H3. The lowest BCUT2D eigenvalue weighted by atomic mass is 9.92. The predicted octanol–water partition coefficient (Wildman–Crippen LogP) is 2.91. The average Bonchev–Trinajstić information content (AvgIpc) is 2.51. The minimum absolute atomic E-state index is 0.285. The number of hydrogen-bond donors (Lipinski definition) is 1. The minimum atomic E-state index is -0.285. The molecule has 0 radical (unpaired) electrons. The molecule has 1 atom stereocenters. The SMILES string of the molecule is CCN(CC)CCCN(CC)CC(C)(N)c1ccccc1. The summed E-state index contributed by atoms with van der Waals surface area (Å²) in [5.74, 6) is 0. The summed E-state index contributed by atoms with van der Waals surface area (Å²) >= 11 is 0. The number of nitrogens with zero attached hydrogens (tertiary/aromatic N) is 2. The van der Waals surface area contributed by atoms with Crippen molar-refractivity contribution >= 4 is 0 Å². The van der Waals surface area contributed by atoms with Crippen LogP contribution in [0.5, 0.6) is 0 Å². The van der Waals surface area contributed by atoms with Crippen molar-refractivity contribution < 1.29 is 0 Å². The highest BCUT2D eigenvalue weighted by Gasteiger charge is 2.23. The fourth-order valence-corrected chi connectivity index (χ4v) is 2.78. The summed E-state index contributed by atoms with van der Waals surface area (Å²) in [7, 11) is 0. The lowest BCUT2D eigenvalue weighted by Crippen LogP contribution is -2.46. The zero-order valence-corrected chi connectivity index (χ0v) is 14.3. The molecule has 1 rings (SSSR count). The van der Waals surface area contributed by atoms with Crippen LogP contribution in [0, 0.1) is 0 Å². The molecule has 0 bridgehead atoms. The first kappa shape index (κ1) is 18.1. The zero-order valence-electron chi connectivity index (χ0n) is 14.3. The molecule has 3 nitrogen and oxygen atoms in total. The highest BCUT2D eigenvalue weighted by Crippen LogP contribution is 2.18. The molecule has 0 spiro atoms. The summed E-state index contributed by atoms with van der Waals surface area (Å²) in [5.41, 5.74) is 7.48. The van der Waals surface area contributed by atoms with E-state index in [1.807, 2.05) is 6.07 Å². The average molecular weight is 291 g/mol. The van der Waals surface area contributed by atoms with E-state index in [1.54, 1.807) is 0 Å². The van der Waals surface area contributed by atoms with Crippen molar-refractivity contribution in [3.63, 3.8) is 0 Å². The summed E-state index contributed by atoms with van der Waals surface area (Å²) in [6.45, 7) is 15.4. The van der Waals surface area contributed by atoms with Crippen molar-refractivity contribution in [2.24, 2.45) is 5.73 Å². The molecule has 0 fully saturated rings. The van der Waals surface area contributed by atoms with Crippen LogP contribution in [0.15, 0.2) is 30.3 Å². The fourth-order valence-electron chi connectivity index (χ4n) is 2.78. The van der Waals surface area contributed by atoms with Gasteiger partial charge in [-0.1, -0.05) is 51.1 Å². The molecule has 0 saturated heterocycles. The molecule has 0 saturated carbocycles. The molecule has 0 aliphatic heterocycles. The smallest absolute Gasteiger partial charge is 0.0509 e. The lowest BCUT2D eigenvalue weighted by Gasteiger charge is -2.33. The largest absolute Gasteiger partial charge is 0.321 e. The molecule has 0 aliphatic carbocycles. The van der Waals surface area contributed by atoms with E-state index in [-0.39, 0.29) is 5.54 Å². The Morgan fingerprint density at radius 2 is 1.43 bits per heavy atom. The van der Waals surface area contributed by atoms with Crippen LogP contribution in [0.2, 0.25) is 0 Å². The van der Waals surface area contributed by atoms with Crippen LogP contribution < -0.4 is 5.73 Å². The van der Waals surface area contributed by atoms with Gasteiger partial charge < -0.3 is 15.5 Å². The molecular weight excluding hydrogens is 258 g/mol. The van der Waals surface area contributed by atoms with Crippen molar-refractivity contribution in [3.8, 4) is 0 Å². The van der Waals surface area contributed by atoms with Crippen LogP contribution >= 0.6 is 0 Å². The number of hydrogen-bond acceptors (Lipinski definition) is 3.